The molecule has 3 saturated heterocycles. The minimum atomic E-state index is 1.09. The summed E-state index contributed by atoms with van der Waals surface area (Å²) in [5, 5.41) is 0. The van der Waals surface area contributed by atoms with E-state index in [1.54, 1.807) is 31.9 Å². The molecule has 0 spiro atoms. The van der Waals surface area contributed by atoms with Gasteiger partial charge in [-0.15, -0.1) is 0 Å². The number of hydrogen-bond donors (Lipinski definition) is 0. The van der Waals surface area contributed by atoms with Gasteiger partial charge in [0, 0.05) is 0 Å². The summed E-state index contributed by atoms with van der Waals surface area (Å²) in [6.45, 7) is 3.65. The molecule has 0 nitrogen and oxygen atoms in total. The van der Waals surface area contributed by atoms with Crippen LogP contribution in [0.2, 0.25) is 18.5 Å². The molecule has 1 aliphatic carbocycles. The molecule has 4 aliphatic rings. The predicted octanol–water partition coefficient (Wildman–Crippen LogP) is 2.93. The first-order chi connectivity index (χ1) is 5.33. The first kappa shape index (κ1) is 6.57. The first-order valence-electron chi connectivity index (χ1n) is 5.33. The minimum absolute atomic E-state index is 1.09. The van der Waals surface area contributed by atoms with E-state index >= 15 is 0 Å². The zero-order chi connectivity index (χ0) is 7.42. The van der Waals surface area contributed by atoms with Crippen molar-refractivity contribution in [2.24, 2.45) is 17.8 Å². The van der Waals surface area contributed by atoms with E-state index < -0.39 is 0 Å². The van der Waals surface area contributed by atoms with Gasteiger partial charge in [-0.3, -0.25) is 0 Å². The Morgan fingerprint density at radius 3 is 2.18 bits per heavy atom. The Bertz CT molecular complexity index is 148. The van der Waals surface area contributed by atoms with Crippen molar-refractivity contribution in [2.45, 2.75) is 44.6 Å². The fourth-order valence-corrected chi connectivity index (χ4v) is 4.20. The van der Waals surface area contributed by atoms with Crippen molar-refractivity contribution in [2.75, 3.05) is 0 Å². The van der Waals surface area contributed by atoms with E-state index in [1.807, 2.05) is 0 Å². The van der Waals surface area contributed by atoms with Gasteiger partial charge in [0.15, 0.2) is 0 Å². The smallest absolute Gasteiger partial charge is 0.0710 e. The Labute approximate surface area is 69.8 Å². The molecule has 0 radical (unpaired) electrons. The standard InChI is InChI=1S/C10H17B/c1-7-10-3-8-2-9(4-10)6-11(7)5-8/h7-10H,2-6H2,1H3/t7?,8-,9+,10?. The van der Waals surface area contributed by atoms with Gasteiger partial charge in [-0.25, -0.2) is 0 Å². The van der Waals surface area contributed by atoms with E-state index in [0.717, 1.165) is 30.3 Å². The fraction of sp³-hybridized carbons (Fsp3) is 1.00. The quantitative estimate of drug-likeness (QED) is 0.463. The van der Waals surface area contributed by atoms with Crippen molar-refractivity contribution in [3.8, 4) is 0 Å². The molecule has 0 amide bonds. The Morgan fingerprint density at radius 2 is 1.64 bits per heavy atom. The van der Waals surface area contributed by atoms with E-state index in [4.69, 9.17) is 0 Å². The predicted molar refractivity (Wildman–Crippen MR) is 49.1 cm³/mol. The molecule has 1 heteroatoms. The van der Waals surface area contributed by atoms with Crippen LogP contribution in [0.1, 0.15) is 26.2 Å². The zero-order valence-electron chi connectivity index (χ0n) is 7.42. The van der Waals surface area contributed by atoms with Gasteiger partial charge in [0.2, 0.25) is 0 Å². The van der Waals surface area contributed by atoms with Gasteiger partial charge in [0.05, 0.1) is 0 Å². The Kier molecular flexibility index (Phi) is 1.23. The summed E-state index contributed by atoms with van der Waals surface area (Å²) >= 11 is 0. The van der Waals surface area contributed by atoms with Gasteiger partial charge >= 0.3 is 0 Å². The van der Waals surface area contributed by atoms with Crippen LogP contribution < -0.4 is 0 Å². The monoisotopic (exact) mass is 148 g/mol. The van der Waals surface area contributed by atoms with E-state index in [2.05, 4.69) is 6.92 Å². The molecule has 0 aromatic heterocycles. The molecule has 2 unspecified atom stereocenters. The lowest BCUT2D eigenvalue weighted by Gasteiger charge is -2.52. The maximum Gasteiger partial charge on any atom is 0.143 e. The maximum atomic E-state index is 2.51. The highest BCUT2D eigenvalue weighted by Crippen LogP contribution is 2.55. The summed E-state index contributed by atoms with van der Waals surface area (Å²) in [6.07, 6.45) is 7.96. The van der Waals surface area contributed by atoms with Crippen LogP contribution in [0.4, 0.5) is 0 Å². The molecule has 0 N–H and O–H groups in total. The van der Waals surface area contributed by atoms with Crippen LogP contribution in [0.3, 0.4) is 0 Å². The van der Waals surface area contributed by atoms with Crippen LogP contribution in [0.15, 0.2) is 0 Å². The SMILES string of the molecule is CC1B2C[C@@H]3CC1C[C@H](C2)C3. The molecule has 0 aromatic carbocycles. The van der Waals surface area contributed by atoms with Gasteiger partial charge in [0.1, 0.15) is 6.71 Å². The lowest BCUT2D eigenvalue weighted by atomic mass is 9.23. The molecule has 3 heterocycles. The largest absolute Gasteiger partial charge is 0.143 e. The molecule has 4 bridgehead atoms. The molecule has 4 fully saturated rings. The van der Waals surface area contributed by atoms with E-state index in [1.165, 1.54) is 0 Å². The van der Waals surface area contributed by atoms with Gasteiger partial charge < -0.3 is 0 Å². The highest BCUT2D eigenvalue weighted by molar-refractivity contribution is 6.61. The molecular weight excluding hydrogens is 131 g/mol. The molecule has 3 aliphatic heterocycles. The molecule has 1 saturated carbocycles. The minimum Gasteiger partial charge on any atom is -0.0710 e. The highest BCUT2D eigenvalue weighted by Gasteiger charge is 2.47. The Hall–Kier alpha value is 0.0649. The topological polar surface area (TPSA) is 0 Å². The number of hydrogen-bond acceptors (Lipinski definition) is 0. The summed E-state index contributed by atoms with van der Waals surface area (Å²) in [5.41, 5.74) is 0. The lowest BCUT2D eigenvalue weighted by Crippen LogP contribution is -2.46. The van der Waals surface area contributed by atoms with Crippen molar-refractivity contribution >= 4 is 6.71 Å². The van der Waals surface area contributed by atoms with E-state index in [-0.39, 0.29) is 0 Å². The number of rotatable bonds is 0. The van der Waals surface area contributed by atoms with Crippen LogP contribution in [-0.2, 0) is 0 Å². The lowest BCUT2D eigenvalue weighted by molar-refractivity contribution is 0.171. The van der Waals surface area contributed by atoms with Gasteiger partial charge in [-0.05, 0) is 37.0 Å². The second-order valence-corrected chi connectivity index (χ2v) is 5.29. The van der Waals surface area contributed by atoms with Crippen molar-refractivity contribution in [3.05, 3.63) is 0 Å². The summed E-state index contributed by atoms with van der Waals surface area (Å²) in [6, 6.07) is 0. The Morgan fingerprint density at radius 1 is 1.00 bits per heavy atom. The van der Waals surface area contributed by atoms with Crippen molar-refractivity contribution < 1.29 is 0 Å². The van der Waals surface area contributed by atoms with E-state index in [9.17, 15) is 0 Å². The normalized spacial score (nSPS) is 53.7. The van der Waals surface area contributed by atoms with Crippen LogP contribution in [0.25, 0.3) is 0 Å². The fourth-order valence-electron chi connectivity index (χ4n) is 4.20. The molecule has 60 valence electrons. The second-order valence-electron chi connectivity index (χ2n) is 5.29. The molecule has 11 heavy (non-hydrogen) atoms. The zero-order valence-corrected chi connectivity index (χ0v) is 7.42. The average molecular weight is 148 g/mol. The first-order valence-corrected chi connectivity index (χ1v) is 5.33. The van der Waals surface area contributed by atoms with Crippen molar-refractivity contribution in [1.29, 1.82) is 0 Å². The third-order valence-corrected chi connectivity index (χ3v) is 4.70. The average Bonchev–Trinajstić information content (AvgIpc) is 1.98. The van der Waals surface area contributed by atoms with Gasteiger partial charge in [-0.1, -0.05) is 25.4 Å². The van der Waals surface area contributed by atoms with Gasteiger partial charge in [-0.2, -0.15) is 0 Å². The Balaban J connectivity index is 1.91. The van der Waals surface area contributed by atoms with Crippen LogP contribution in [0, 0.1) is 17.8 Å². The third-order valence-electron chi connectivity index (χ3n) is 4.70. The van der Waals surface area contributed by atoms with Crippen molar-refractivity contribution in [1.82, 2.24) is 0 Å². The summed E-state index contributed by atoms with van der Waals surface area (Å²) < 4.78 is 0. The molecule has 4 rings (SSSR count). The van der Waals surface area contributed by atoms with Gasteiger partial charge in [0.25, 0.3) is 0 Å². The third kappa shape index (κ3) is 0.831. The summed E-state index contributed by atoms with van der Waals surface area (Å²) in [7, 11) is 0. The molecular formula is C10H17B. The maximum absolute atomic E-state index is 2.51. The van der Waals surface area contributed by atoms with Crippen molar-refractivity contribution in [3.63, 3.8) is 0 Å². The second kappa shape index (κ2) is 2.05. The van der Waals surface area contributed by atoms with Crippen LogP contribution in [0.5, 0.6) is 0 Å². The summed E-state index contributed by atoms with van der Waals surface area (Å²) in [4.78, 5) is 0. The summed E-state index contributed by atoms with van der Waals surface area (Å²) in [5.74, 6) is 4.55. The van der Waals surface area contributed by atoms with Crippen LogP contribution >= 0.6 is 0 Å². The van der Waals surface area contributed by atoms with Crippen LogP contribution in [-0.4, -0.2) is 6.71 Å². The molecule has 4 atom stereocenters. The van der Waals surface area contributed by atoms with E-state index in [0.29, 0.717) is 0 Å². The highest BCUT2D eigenvalue weighted by atomic mass is 14.4. The molecule has 0 aromatic rings.